The first-order valence-electron chi connectivity index (χ1n) is 13.8. The van der Waals surface area contributed by atoms with E-state index in [4.69, 9.17) is 24.5 Å². The van der Waals surface area contributed by atoms with E-state index in [-0.39, 0.29) is 6.10 Å². The van der Waals surface area contributed by atoms with E-state index in [1.54, 1.807) is 13.8 Å². The van der Waals surface area contributed by atoms with Gasteiger partial charge in [0.25, 0.3) is 5.56 Å². The molecule has 15 nitrogen and oxygen atoms in total. The molecule has 240 valence electrons. The van der Waals surface area contributed by atoms with Crippen LogP contribution in [-0.4, -0.2) is 82.9 Å². The standard InChI is InChI=1S/C25H43FN5O10P/c1-15(2)40-22(34)16(3)29-42(37,30-17(4)23(35)41-18-9-7-6-8-10-18)39-14-25(13-27,38-5)20(33)21(26)31-12-11-19(32)28-24(31)36/h11-12,15-18,20-21,33H,6-10,13-14,27H2,1-5H3,(H,28,32,36)(H2,29,30,37)/t16?,17?,20-,21-,25+,42?/m0/s1. The van der Waals surface area contributed by atoms with Crippen LogP contribution in [0.2, 0.25) is 0 Å². The van der Waals surface area contributed by atoms with Crippen LogP contribution in [0.4, 0.5) is 4.39 Å². The molecule has 1 aliphatic carbocycles. The van der Waals surface area contributed by atoms with Crippen LogP contribution in [-0.2, 0) is 32.9 Å². The fourth-order valence-electron chi connectivity index (χ4n) is 4.26. The van der Waals surface area contributed by atoms with Gasteiger partial charge in [-0.3, -0.25) is 28.5 Å². The van der Waals surface area contributed by atoms with Gasteiger partial charge in [-0.05, 0) is 53.4 Å². The molecule has 0 saturated heterocycles. The Morgan fingerprint density at radius 1 is 1.17 bits per heavy atom. The van der Waals surface area contributed by atoms with Crippen LogP contribution in [0.15, 0.2) is 21.9 Å². The van der Waals surface area contributed by atoms with Gasteiger partial charge in [0.1, 0.15) is 29.9 Å². The molecule has 6 atom stereocenters. The van der Waals surface area contributed by atoms with Crippen LogP contribution < -0.4 is 27.2 Å². The predicted molar refractivity (Wildman–Crippen MR) is 149 cm³/mol. The quantitative estimate of drug-likeness (QED) is 0.126. The third-order valence-corrected chi connectivity index (χ3v) is 8.73. The van der Waals surface area contributed by atoms with Crippen molar-refractivity contribution in [2.75, 3.05) is 20.3 Å². The van der Waals surface area contributed by atoms with Gasteiger partial charge in [0.2, 0.25) is 6.30 Å². The lowest BCUT2D eigenvalue weighted by molar-refractivity contribution is -0.155. The van der Waals surface area contributed by atoms with E-state index in [2.05, 4.69) is 10.2 Å². The summed E-state index contributed by atoms with van der Waals surface area (Å²) in [5.41, 5.74) is 1.81. The number of alkyl halides is 1. The maximum atomic E-state index is 15.4. The van der Waals surface area contributed by atoms with E-state index < -0.39 is 80.2 Å². The molecule has 1 heterocycles. The number of nitrogens with two attached hydrogens (primary N) is 1. The van der Waals surface area contributed by atoms with Crippen molar-refractivity contribution >= 4 is 19.6 Å². The Morgan fingerprint density at radius 2 is 1.76 bits per heavy atom. The number of aliphatic hydroxyl groups is 1. The number of aromatic amines is 1. The summed E-state index contributed by atoms with van der Waals surface area (Å²) >= 11 is 0. The van der Waals surface area contributed by atoms with Crippen molar-refractivity contribution in [2.24, 2.45) is 5.73 Å². The average molecular weight is 624 g/mol. The minimum atomic E-state index is -4.40. The zero-order valence-electron chi connectivity index (χ0n) is 24.5. The molecule has 1 saturated carbocycles. The van der Waals surface area contributed by atoms with Gasteiger partial charge in [-0.25, -0.2) is 19.4 Å². The first-order chi connectivity index (χ1) is 19.7. The minimum Gasteiger partial charge on any atom is -0.462 e. The van der Waals surface area contributed by atoms with Gasteiger partial charge in [-0.2, -0.15) is 0 Å². The molecule has 3 unspecified atom stereocenters. The zero-order valence-corrected chi connectivity index (χ0v) is 25.4. The largest absolute Gasteiger partial charge is 0.462 e. The Kier molecular flexibility index (Phi) is 13.5. The molecule has 2 rings (SSSR count). The van der Waals surface area contributed by atoms with E-state index in [1.165, 1.54) is 13.8 Å². The molecule has 0 aliphatic heterocycles. The van der Waals surface area contributed by atoms with Crippen molar-refractivity contribution < 1.29 is 42.4 Å². The third-order valence-electron chi connectivity index (χ3n) is 6.78. The summed E-state index contributed by atoms with van der Waals surface area (Å²) < 4.78 is 51.4. The molecule has 6 N–H and O–H groups in total. The summed E-state index contributed by atoms with van der Waals surface area (Å²) in [6.07, 6.45) is -0.299. The molecule has 0 spiro atoms. The first-order valence-corrected chi connectivity index (χ1v) is 15.4. The SMILES string of the molecule is CO[C@](CN)(COP(=O)(NC(C)C(=O)OC(C)C)NC(C)C(=O)OC1CCCCC1)[C@@H](O)[C@@H](F)n1ccc(=O)[nH]c1=O. The molecule has 42 heavy (non-hydrogen) atoms. The number of halogens is 1. The zero-order chi connectivity index (χ0) is 31.7. The number of ether oxygens (including phenoxy) is 3. The van der Waals surface area contributed by atoms with E-state index in [1.807, 2.05) is 4.98 Å². The molecule has 1 aromatic heterocycles. The van der Waals surface area contributed by atoms with Crippen molar-refractivity contribution in [3.05, 3.63) is 33.1 Å². The van der Waals surface area contributed by atoms with Gasteiger partial charge < -0.3 is 29.6 Å². The normalized spacial score (nSPS) is 20.1. The second-order valence-electron chi connectivity index (χ2n) is 10.5. The van der Waals surface area contributed by atoms with Crippen molar-refractivity contribution in [1.29, 1.82) is 0 Å². The lowest BCUT2D eigenvalue weighted by Gasteiger charge is -2.38. The topological polar surface area (TPSA) is 213 Å². The second-order valence-corrected chi connectivity index (χ2v) is 12.4. The molecule has 1 fully saturated rings. The Balaban J connectivity index is 2.30. The maximum Gasteiger partial charge on any atom is 0.342 e. The monoisotopic (exact) mass is 623 g/mol. The fraction of sp³-hybridized carbons (Fsp3) is 0.760. The number of nitrogens with one attached hydrogen (secondary N) is 3. The Hall–Kier alpha value is -2.46. The summed E-state index contributed by atoms with van der Waals surface area (Å²) in [4.78, 5) is 50.6. The van der Waals surface area contributed by atoms with E-state index in [0.717, 1.165) is 38.6 Å². The highest BCUT2D eigenvalue weighted by Crippen LogP contribution is 2.41. The van der Waals surface area contributed by atoms with Crippen molar-refractivity contribution in [1.82, 2.24) is 19.7 Å². The first kappa shape index (κ1) is 35.7. The van der Waals surface area contributed by atoms with Gasteiger partial charge >= 0.3 is 25.3 Å². The molecule has 1 aliphatic rings. The molecule has 0 aromatic carbocycles. The summed E-state index contributed by atoms with van der Waals surface area (Å²) in [6, 6.07) is -1.52. The van der Waals surface area contributed by atoms with Gasteiger partial charge in [-0.1, -0.05) is 6.42 Å². The number of carbonyl (C=O) groups excluding carboxylic acids is 2. The molecular formula is C25H43FN5O10P. The smallest absolute Gasteiger partial charge is 0.342 e. The fourth-order valence-corrected chi connectivity index (χ4v) is 6.12. The van der Waals surface area contributed by atoms with Crippen LogP contribution in [0, 0.1) is 0 Å². The number of aliphatic hydroxyl groups excluding tert-OH is 1. The van der Waals surface area contributed by atoms with E-state index in [0.29, 0.717) is 17.4 Å². The Bertz CT molecular complexity index is 1200. The highest BCUT2D eigenvalue weighted by molar-refractivity contribution is 7.54. The lowest BCUT2D eigenvalue weighted by Crippen LogP contribution is -2.57. The van der Waals surface area contributed by atoms with Crippen LogP contribution in [0.1, 0.15) is 66.1 Å². The number of nitrogens with zero attached hydrogens (tertiary/aromatic N) is 1. The van der Waals surface area contributed by atoms with Crippen LogP contribution in [0.5, 0.6) is 0 Å². The summed E-state index contributed by atoms with van der Waals surface area (Å²) in [5, 5.41) is 15.9. The number of carbonyl (C=O) groups is 2. The number of aromatic nitrogens is 2. The predicted octanol–water partition coefficient (Wildman–Crippen LogP) is 0.618. The van der Waals surface area contributed by atoms with E-state index in [9.17, 15) is 28.8 Å². The number of esters is 2. The highest BCUT2D eigenvalue weighted by atomic mass is 31.2. The van der Waals surface area contributed by atoms with Crippen molar-refractivity contribution in [3.63, 3.8) is 0 Å². The highest BCUT2D eigenvalue weighted by Gasteiger charge is 2.46. The molecule has 0 amide bonds. The van der Waals surface area contributed by atoms with Crippen molar-refractivity contribution in [3.8, 4) is 0 Å². The van der Waals surface area contributed by atoms with Gasteiger partial charge in [-0.15, -0.1) is 0 Å². The number of hydrogen-bond donors (Lipinski definition) is 5. The van der Waals surface area contributed by atoms with Gasteiger partial charge in [0.05, 0.1) is 12.7 Å². The lowest BCUT2D eigenvalue weighted by atomic mass is 9.96. The Morgan fingerprint density at radius 3 is 2.29 bits per heavy atom. The summed E-state index contributed by atoms with van der Waals surface area (Å²) in [5.74, 6) is -1.48. The molecule has 0 bridgehead atoms. The minimum absolute atomic E-state index is 0.282. The van der Waals surface area contributed by atoms with Gasteiger partial charge in [0, 0.05) is 25.9 Å². The molecule has 0 radical (unpaired) electrons. The number of rotatable bonds is 16. The number of methoxy groups -OCH3 is 1. The maximum absolute atomic E-state index is 15.4. The van der Waals surface area contributed by atoms with Gasteiger partial charge in [0.15, 0.2) is 0 Å². The summed E-state index contributed by atoms with van der Waals surface area (Å²) in [7, 11) is -3.32. The average Bonchev–Trinajstić information content (AvgIpc) is 2.93. The Labute approximate surface area is 243 Å². The van der Waals surface area contributed by atoms with Crippen molar-refractivity contribution in [2.45, 2.75) is 102 Å². The molecular weight excluding hydrogens is 580 g/mol. The van der Waals surface area contributed by atoms with E-state index >= 15 is 4.39 Å². The second kappa shape index (κ2) is 15.8. The van der Waals surface area contributed by atoms with Crippen LogP contribution >= 0.6 is 7.67 Å². The molecule has 17 heteroatoms. The third kappa shape index (κ3) is 9.79. The number of H-pyrrole nitrogens is 1. The van der Waals surface area contributed by atoms with Crippen LogP contribution in [0.3, 0.4) is 0 Å². The number of hydrogen-bond acceptors (Lipinski definition) is 11. The summed E-state index contributed by atoms with van der Waals surface area (Å²) in [6.45, 7) is 4.56. The van der Waals surface area contributed by atoms with Crippen LogP contribution in [0.25, 0.3) is 0 Å². The molecule has 1 aromatic rings.